The topological polar surface area (TPSA) is 88.5 Å². The number of hydrogen-bond donors (Lipinski definition) is 1. The molecule has 0 radical (unpaired) electrons. The number of likely N-dealkylation sites (tertiary alicyclic amines) is 1. The highest BCUT2D eigenvalue weighted by atomic mass is 16.6. The first-order valence-corrected chi connectivity index (χ1v) is 13.1. The third-order valence-corrected chi connectivity index (χ3v) is 6.77. The van der Waals surface area contributed by atoms with E-state index < -0.39 is 17.7 Å². The largest absolute Gasteiger partial charge is 0.507 e. The second kappa shape index (κ2) is 12.1. The first-order valence-electron chi connectivity index (χ1n) is 13.1. The fourth-order valence-electron chi connectivity index (χ4n) is 4.80. The number of rotatable bonds is 11. The molecule has 2 heterocycles. The molecule has 1 saturated heterocycles. The Labute approximate surface area is 218 Å². The van der Waals surface area contributed by atoms with Gasteiger partial charge in [0.1, 0.15) is 24.7 Å². The molecule has 1 amide bonds. The van der Waals surface area contributed by atoms with Gasteiger partial charge in [-0.05, 0) is 68.4 Å². The molecule has 0 unspecified atom stereocenters. The number of aliphatic hydroxyl groups excluding tert-OH is 1. The number of ketones is 1. The highest BCUT2D eigenvalue weighted by molar-refractivity contribution is 6.46. The molecule has 37 heavy (non-hydrogen) atoms. The van der Waals surface area contributed by atoms with Crippen LogP contribution >= 0.6 is 0 Å². The van der Waals surface area contributed by atoms with Crippen molar-refractivity contribution in [2.24, 2.45) is 0 Å². The lowest BCUT2D eigenvalue weighted by Crippen LogP contribution is -2.33. The summed E-state index contributed by atoms with van der Waals surface area (Å²) in [6.45, 7) is 10.7. The summed E-state index contributed by atoms with van der Waals surface area (Å²) in [5.74, 6) is 0.203. The third-order valence-electron chi connectivity index (χ3n) is 6.77. The summed E-state index contributed by atoms with van der Waals surface area (Å²) in [7, 11) is 0. The van der Waals surface area contributed by atoms with E-state index in [1.165, 1.54) is 0 Å². The molecule has 1 atom stereocenters. The molecule has 2 aliphatic rings. The summed E-state index contributed by atoms with van der Waals surface area (Å²) in [5.41, 5.74) is 1.18. The number of hydrogen-bond acceptors (Lipinski definition) is 7. The van der Waals surface area contributed by atoms with Crippen molar-refractivity contribution in [3.63, 3.8) is 0 Å². The Morgan fingerprint density at radius 2 is 1.81 bits per heavy atom. The van der Waals surface area contributed by atoms with Crippen molar-refractivity contribution >= 4 is 17.4 Å². The Hall–Kier alpha value is -3.52. The maximum absolute atomic E-state index is 13.4. The van der Waals surface area contributed by atoms with Crippen LogP contribution < -0.4 is 14.2 Å². The van der Waals surface area contributed by atoms with Gasteiger partial charge in [0.25, 0.3) is 11.7 Å². The summed E-state index contributed by atoms with van der Waals surface area (Å²) >= 11 is 0. The van der Waals surface area contributed by atoms with Crippen molar-refractivity contribution in [1.82, 2.24) is 9.80 Å². The highest BCUT2D eigenvalue weighted by Crippen LogP contribution is 2.41. The van der Waals surface area contributed by atoms with Crippen molar-refractivity contribution in [2.45, 2.75) is 39.7 Å². The molecule has 0 spiro atoms. The summed E-state index contributed by atoms with van der Waals surface area (Å²) in [6, 6.07) is 11.7. The van der Waals surface area contributed by atoms with Crippen molar-refractivity contribution in [3.8, 4) is 17.2 Å². The Bertz CT molecular complexity index is 1160. The molecule has 1 fully saturated rings. The van der Waals surface area contributed by atoms with Gasteiger partial charge in [-0.15, -0.1) is 0 Å². The summed E-state index contributed by atoms with van der Waals surface area (Å²) < 4.78 is 17.1. The molecule has 2 aromatic rings. The molecule has 0 saturated carbocycles. The van der Waals surface area contributed by atoms with Crippen molar-refractivity contribution < 1.29 is 28.9 Å². The van der Waals surface area contributed by atoms with Crippen LogP contribution in [-0.4, -0.2) is 72.6 Å². The minimum Gasteiger partial charge on any atom is -0.507 e. The number of carbonyl (C=O) groups excluding carboxylic acids is 2. The highest BCUT2D eigenvalue weighted by Gasteiger charge is 2.46. The van der Waals surface area contributed by atoms with Gasteiger partial charge >= 0.3 is 0 Å². The predicted octanol–water partition coefficient (Wildman–Crippen LogP) is 4.40. The molecule has 8 heteroatoms. The molecular formula is C29H36N2O6. The molecule has 2 aliphatic heterocycles. The van der Waals surface area contributed by atoms with Crippen molar-refractivity contribution in [3.05, 3.63) is 59.2 Å². The van der Waals surface area contributed by atoms with Gasteiger partial charge in [-0.1, -0.05) is 32.9 Å². The van der Waals surface area contributed by atoms with Crippen molar-refractivity contribution in [1.29, 1.82) is 0 Å². The van der Waals surface area contributed by atoms with Gasteiger partial charge in [0.15, 0.2) is 11.5 Å². The Morgan fingerprint density at radius 1 is 1.05 bits per heavy atom. The molecule has 4 rings (SSSR count). The van der Waals surface area contributed by atoms with Crippen LogP contribution in [0.2, 0.25) is 0 Å². The van der Waals surface area contributed by atoms with Crippen LogP contribution in [0.1, 0.15) is 50.8 Å². The predicted molar refractivity (Wildman–Crippen MR) is 141 cm³/mol. The summed E-state index contributed by atoms with van der Waals surface area (Å²) in [4.78, 5) is 30.5. The first-order chi connectivity index (χ1) is 18.0. The van der Waals surface area contributed by atoms with E-state index in [1.807, 2.05) is 31.2 Å². The number of aliphatic hydroxyl groups is 1. The zero-order valence-electron chi connectivity index (χ0n) is 21.9. The van der Waals surface area contributed by atoms with E-state index in [-0.39, 0.29) is 11.3 Å². The molecule has 8 nitrogen and oxygen atoms in total. The lowest BCUT2D eigenvalue weighted by molar-refractivity contribution is -0.140. The number of fused-ring (bicyclic) bond motifs is 1. The van der Waals surface area contributed by atoms with Crippen LogP contribution in [0, 0.1) is 0 Å². The van der Waals surface area contributed by atoms with Crippen LogP contribution in [0.15, 0.2) is 48.0 Å². The number of nitrogens with zero attached hydrogens (tertiary/aromatic N) is 2. The van der Waals surface area contributed by atoms with Crippen LogP contribution in [0.3, 0.4) is 0 Å². The maximum Gasteiger partial charge on any atom is 0.295 e. The van der Waals surface area contributed by atoms with Gasteiger partial charge in [0, 0.05) is 12.1 Å². The first kappa shape index (κ1) is 26.5. The van der Waals surface area contributed by atoms with E-state index in [2.05, 4.69) is 18.7 Å². The van der Waals surface area contributed by atoms with Gasteiger partial charge in [-0.3, -0.25) is 9.59 Å². The van der Waals surface area contributed by atoms with Crippen LogP contribution in [0.4, 0.5) is 0 Å². The smallest absolute Gasteiger partial charge is 0.295 e. The Kier molecular flexibility index (Phi) is 8.71. The molecular weight excluding hydrogens is 472 g/mol. The molecule has 2 aromatic carbocycles. The zero-order chi connectivity index (χ0) is 26.4. The van der Waals surface area contributed by atoms with E-state index in [1.54, 1.807) is 23.1 Å². The fraction of sp³-hybridized carbons (Fsp3) is 0.448. The van der Waals surface area contributed by atoms with Crippen LogP contribution in [0.25, 0.3) is 5.76 Å². The third kappa shape index (κ3) is 5.74. The Morgan fingerprint density at radius 3 is 2.54 bits per heavy atom. The van der Waals surface area contributed by atoms with Crippen LogP contribution in [-0.2, 0) is 9.59 Å². The second-order valence-electron chi connectivity index (χ2n) is 9.15. The monoisotopic (exact) mass is 508 g/mol. The zero-order valence-corrected chi connectivity index (χ0v) is 21.9. The van der Waals surface area contributed by atoms with E-state index in [0.717, 1.165) is 31.6 Å². The molecule has 0 aliphatic carbocycles. The lowest BCUT2D eigenvalue weighted by atomic mass is 9.95. The van der Waals surface area contributed by atoms with Gasteiger partial charge in [0.05, 0.1) is 18.2 Å². The number of carbonyl (C=O) groups is 2. The number of amides is 1. The molecule has 1 N–H and O–H groups in total. The summed E-state index contributed by atoms with van der Waals surface area (Å²) in [6.07, 6.45) is 1.57. The van der Waals surface area contributed by atoms with E-state index in [0.29, 0.717) is 55.6 Å². The standard InChI is InChI=1S/C29H36N2O6/c1-4-15-35-22-10-7-9-20(18-22)26-25(27(32)21-11-12-23-24(19-21)37-17-16-36-23)28(33)29(34)31(26)14-8-13-30(5-2)6-3/h7,9-12,18-19,26,32H,4-6,8,13-17H2,1-3H3/t26-/m0/s1. The fourth-order valence-corrected chi connectivity index (χ4v) is 4.80. The minimum absolute atomic E-state index is 0.0668. The van der Waals surface area contributed by atoms with E-state index in [9.17, 15) is 14.7 Å². The second-order valence-corrected chi connectivity index (χ2v) is 9.15. The van der Waals surface area contributed by atoms with Gasteiger partial charge in [0.2, 0.25) is 0 Å². The van der Waals surface area contributed by atoms with E-state index >= 15 is 0 Å². The minimum atomic E-state index is -0.727. The average Bonchev–Trinajstić information content (AvgIpc) is 3.18. The quantitative estimate of drug-likeness (QED) is 0.273. The lowest BCUT2D eigenvalue weighted by Gasteiger charge is -2.27. The molecule has 198 valence electrons. The summed E-state index contributed by atoms with van der Waals surface area (Å²) in [5, 5.41) is 11.4. The molecule has 0 aromatic heterocycles. The Balaban J connectivity index is 1.74. The van der Waals surface area contributed by atoms with Gasteiger partial charge < -0.3 is 29.1 Å². The van der Waals surface area contributed by atoms with Crippen molar-refractivity contribution in [2.75, 3.05) is 46.0 Å². The molecule has 0 bridgehead atoms. The van der Waals surface area contributed by atoms with Gasteiger partial charge in [-0.25, -0.2) is 0 Å². The average molecular weight is 509 g/mol. The normalized spacial score (nSPS) is 18.5. The van der Waals surface area contributed by atoms with E-state index in [4.69, 9.17) is 14.2 Å². The van der Waals surface area contributed by atoms with Crippen LogP contribution in [0.5, 0.6) is 17.2 Å². The number of benzene rings is 2. The number of ether oxygens (including phenoxy) is 3. The SMILES string of the molecule is CCCOc1cccc([C@H]2C(=C(O)c3ccc4c(c3)OCCO4)C(=O)C(=O)N2CCCN(CC)CC)c1. The maximum atomic E-state index is 13.4. The van der Waals surface area contributed by atoms with Gasteiger partial charge in [-0.2, -0.15) is 0 Å². The number of Topliss-reactive ketones (excluding diaryl/α,β-unsaturated/α-hetero) is 1.